The Bertz CT molecular complexity index is 587. The molecular weight excluding hydrogens is 318 g/mol. The molecule has 0 bridgehead atoms. The molecule has 1 aliphatic rings. The maximum atomic E-state index is 12.4. The standard InChI is InChI=1S/C17H22F2N2O3/c1-11(14-4-3-5-15(10-14)24-17(18)19)20-16(23)13-6-8-21(9-7-13)12(2)22/h3-5,10-11,13,17H,6-9H2,1-2H3,(H,20,23)/t11-/m0/s1. The first kappa shape index (κ1) is 18.2. The van der Waals surface area contributed by atoms with Crippen molar-refractivity contribution < 1.29 is 23.1 Å². The first-order valence-electron chi connectivity index (χ1n) is 7.97. The number of amides is 2. The number of nitrogens with zero attached hydrogens (tertiary/aromatic N) is 1. The predicted octanol–water partition coefficient (Wildman–Crippen LogP) is 2.72. The van der Waals surface area contributed by atoms with E-state index in [-0.39, 0.29) is 29.5 Å². The van der Waals surface area contributed by atoms with Crippen molar-refractivity contribution in [3.63, 3.8) is 0 Å². The van der Waals surface area contributed by atoms with Gasteiger partial charge in [0.1, 0.15) is 5.75 Å². The number of hydrogen-bond donors (Lipinski definition) is 1. The van der Waals surface area contributed by atoms with Crippen LogP contribution in [0.25, 0.3) is 0 Å². The third-order valence-electron chi connectivity index (χ3n) is 4.25. The number of nitrogens with one attached hydrogen (secondary N) is 1. The van der Waals surface area contributed by atoms with Gasteiger partial charge in [-0.3, -0.25) is 9.59 Å². The van der Waals surface area contributed by atoms with Crippen LogP contribution in [0.15, 0.2) is 24.3 Å². The molecule has 132 valence electrons. The molecule has 0 spiro atoms. The molecule has 1 heterocycles. The van der Waals surface area contributed by atoms with Crippen LogP contribution in [0.3, 0.4) is 0 Å². The number of likely N-dealkylation sites (tertiary alicyclic amines) is 1. The van der Waals surface area contributed by atoms with Crippen LogP contribution in [0.2, 0.25) is 0 Å². The van der Waals surface area contributed by atoms with Gasteiger partial charge in [-0.05, 0) is 37.5 Å². The highest BCUT2D eigenvalue weighted by molar-refractivity contribution is 5.80. The van der Waals surface area contributed by atoms with E-state index < -0.39 is 6.61 Å². The summed E-state index contributed by atoms with van der Waals surface area (Å²) in [5.74, 6) is -0.120. The average molecular weight is 340 g/mol. The van der Waals surface area contributed by atoms with E-state index in [0.29, 0.717) is 31.5 Å². The zero-order valence-electron chi connectivity index (χ0n) is 13.8. The molecule has 1 aliphatic heterocycles. The minimum absolute atomic E-state index is 0.0260. The van der Waals surface area contributed by atoms with Crippen LogP contribution in [0.4, 0.5) is 8.78 Å². The third-order valence-corrected chi connectivity index (χ3v) is 4.25. The Hall–Kier alpha value is -2.18. The lowest BCUT2D eigenvalue weighted by Gasteiger charge is -2.31. The molecule has 2 amide bonds. The van der Waals surface area contributed by atoms with Crippen LogP contribution in [0.1, 0.15) is 38.3 Å². The minimum Gasteiger partial charge on any atom is -0.435 e. The van der Waals surface area contributed by atoms with Crippen molar-refractivity contribution in [2.24, 2.45) is 5.92 Å². The van der Waals surface area contributed by atoms with Gasteiger partial charge in [-0.2, -0.15) is 8.78 Å². The summed E-state index contributed by atoms with van der Waals surface area (Å²) >= 11 is 0. The Kier molecular flexibility index (Phi) is 6.11. The van der Waals surface area contributed by atoms with Crippen LogP contribution in [-0.4, -0.2) is 36.4 Å². The van der Waals surface area contributed by atoms with E-state index in [4.69, 9.17) is 0 Å². The van der Waals surface area contributed by atoms with Crippen molar-refractivity contribution in [3.05, 3.63) is 29.8 Å². The summed E-state index contributed by atoms with van der Waals surface area (Å²) in [4.78, 5) is 25.4. The van der Waals surface area contributed by atoms with Gasteiger partial charge < -0.3 is 15.0 Å². The number of ether oxygens (including phenoxy) is 1. The van der Waals surface area contributed by atoms with Crippen molar-refractivity contribution in [2.75, 3.05) is 13.1 Å². The number of piperidine rings is 1. The topological polar surface area (TPSA) is 58.6 Å². The molecule has 1 fully saturated rings. The fraction of sp³-hybridized carbons (Fsp3) is 0.529. The smallest absolute Gasteiger partial charge is 0.387 e. The van der Waals surface area contributed by atoms with Crippen molar-refractivity contribution >= 4 is 11.8 Å². The van der Waals surface area contributed by atoms with Gasteiger partial charge >= 0.3 is 6.61 Å². The zero-order valence-corrected chi connectivity index (χ0v) is 13.8. The summed E-state index contributed by atoms with van der Waals surface area (Å²) in [6.07, 6.45) is 1.26. The fourth-order valence-electron chi connectivity index (χ4n) is 2.83. The summed E-state index contributed by atoms with van der Waals surface area (Å²) in [5.41, 5.74) is 0.697. The van der Waals surface area contributed by atoms with Gasteiger partial charge in [-0.15, -0.1) is 0 Å². The zero-order chi connectivity index (χ0) is 17.7. The van der Waals surface area contributed by atoms with E-state index in [1.54, 1.807) is 24.0 Å². The SMILES string of the molecule is CC(=O)N1CCC(C(=O)N[C@@H](C)c2cccc(OC(F)F)c2)CC1. The molecule has 0 aromatic heterocycles. The minimum atomic E-state index is -2.88. The summed E-state index contributed by atoms with van der Waals surface area (Å²) in [6.45, 7) is 1.61. The molecule has 2 rings (SSSR count). The van der Waals surface area contributed by atoms with Crippen LogP contribution < -0.4 is 10.1 Å². The normalized spacial score (nSPS) is 16.8. The van der Waals surface area contributed by atoms with Gasteiger partial charge in [0.05, 0.1) is 6.04 Å². The van der Waals surface area contributed by atoms with E-state index in [2.05, 4.69) is 10.1 Å². The highest BCUT2D eigenvalue weighted by atomic mass is 19.3. The lowest BCUT2D eigenvalue weighted by atomic mass is 9.95. The van der Waals surface area contributed by atoms with Crippen molar-refractivity contribution in [2.45, 2.75) is 39.3 Å². The van der Waals surface area contributed by atoms with Crippen LogP contribution in [0.5, 0.6) is 5.75 Å². The predicted molar refractivity (Wildman–Crippen MR) is 84.6 cm³/mol. The van der Waals surface area contributed by atoms with Crippen molar-refractivity contribution in [3.8, 4) is 5.75 Å². The van der Waals surface area contributed by atoms with Crippen molar-refractivity contribution in [1.82, 2.24) is 10.2 Å². The van der Waals surface area contributed by atoms with Crippen molar-refractivity contribution in [1.29, 1.82) is 0 Å². The molecule has 1 saturated heterocycles. The van der Waals surface area contributed by atoms with Gasteiger partial charge in [0.25, 0.3) is 0 Å². The molecule has 0 radical (unpaired) electrons. The third kappa shape index (κ3) is 4.91. The molecule has 0 aliphatic carbocycles. The first-order valence-corrected chi connectivity index (χ1v) is 7.97. The molecule has 0 unspecified atom stereocenters. The number of hydrogen-bond acceptors (Lipinski definition) is 3. The highest BCUT2D eigenvalue weighted by Crippen LogP contribution is 2.23. The Morgan fingerprint density at radius 1 is 1.29 bits per heavy atom. The second-order valence-corrected chi connectivity index (χ2v) is 5.96. The monoisotopic (exact) mass is 340 g/mol. The quantitative estimate of drug-likeness (QED) is 0.897. The van der Waals surface area contributed by atoms with Gasteiger partial charge in [0.2, 0.25) is 11.8 Å². The fourth-order valence-corrected chi connectivity index (χ4v) is 2.83. The molecule has 0 saturated carbocycles. The van der Waals surface area contributed by atoms with E-state index in [9.17, 15) is 18.4 Å². The number of halogens is 2. The molecule has 1 aromatic carbocycles. The highest BCUT2D eigenvalue weighted by Gasteiger charge is 2.26. The molecule has 1 atom stereocenters. The molecule has 24 heavy (non-hydrogen) atoms. The number of carbonyl (C=O) groups is 2. The van der Waals surface area contributed by atoms with E-state index in [0.717, 1.165) is 0 Å². The van der Waals surface area contributed by atoms with Crippen LogP contribution >= 0.6 is 0 Å². The Balaban J connectivity index is 1.91. The Morgan fingerprint density at radius 2 is 1.96 bits per heavy atom. The lowest BCUT2D eigenvalue weighted by Crippen LogP contribution is -2.42. The van der Waals surface area contributed by atoms with Gasteiger partial charge in [0.15, 0.2) is 0 Å². The molecule has 7 heteroatoms. The molecule has 1 aromatic rings. The number of rotatable bonds is 5. The van der Waals surface area contributed by atoms with E-state index in [1.165, 1.54) is 19.1 Å². The van der Waals surface area contributed by atoms with E-state index in [1.807, 2.05) is 0 Å². The first-order chi connectivity index (χ1) is 11.4. The van der Waals surface area contributed by atoms with E-state index >= 15 is 0 Å². The van der Waals surface area contributed by atoms with Gasteiger partial charge in [-0.1, -0.05) is 12.1 Å². The molecular formula is C17H22F2N2O3. The largest absolute Gasteiger partial charge is 0.435 e. The number of benzene rings is 1. The molecule has 5 nitrogen and oxygen atoms in total. The lowest BCUT2D eigenvalue weighted by molar-refractivity contribution is -0.134. The Labute approximate surface area is 140 Å². The summed E-state index contributed by atoms with van der Waals surface area (Å²) < 4.78 is 28.9. The van der Waals surface area contributed by atoms with Gasteiger partial charge in [0, 0.05) is 25.9 Å². The second kappa shape index (κ2) is 8.08. The second-order valence-electron chi connectivity index (χ2n) is 5.96. The van der Waals surface area contributed by atoms with Gasteiger partial charge in [-0.25, -0.2) is 0 Å². The Morgan fingerprint density at radius 3 is 2.54 bits per heavy atom. The number of alkyl halides is 2. The maximum absolute atomic E-state index is 12.4. The average Bonchev–Trinajstić information content (AvgIpc) is 2.54. The summed E-state index contributed by atoms with van der Waals surface area (Å²) in [7, 11) is 0. The van der Waals surface area contributed by atoms with Crippen LogP contribution in [0, 0.1) is 5.92 Å². The summed E-state index contributed by atoms with van der Waals surface area (Å²) in [5, 5.41) is 2.91. The number of carbonyl (C=O) groups excluding carboxylic acids is 2. The summed E-state index contributed by atoms with van der Waals surface area (Å²) in [6, 6.07) is 5.99. The van der Waals surface area contributed by atoms with Crippen LogP contribution in [-0.2, 0) is 9.59 Å². The maximum Gasteiger partial charge on any atom is 0.387 e. The molecule has 1 N–H and O–H groups in total.